The van der Waals surface area contributed by atoms with E-state index in [1.54, 1.807) is 24.1 Å². The molecule has 0 aliphatic rings. The molecule has 0 saturated carbocycles. The third kappa shape index (κ3) is 6.79. The summed E-state index contributed by atoms with van der Waals surface area (Å²) in [6.07, 6.45) is 1.57. The SMILES string of the molecule is CCCNC(=O)[C@@H](CC)N(Cc1ccc(OC)cc1)C(=O)Cc1cccc(Cl)c1. The average Bonchev–Trinajstić information content (AvgIpc) is 2.72. The predicted octanol–water partition coefficient (Wildman–Crippen LogP) is 4.22. The number of hydrogen-bond acceptors (Lipinski definition) is 3. The predicted molar refractivity (Wildman–Crippen MR) is 116 cm³/mol. The van der Waals surface area contributed by atoms with Gasteiger partial charge in [-0.3, -0.25) is 9.59 Å². The molecule has 2 aromatic carbocycles. The molecule has 2 rings (SSSR count). The number of ether oxygens (including phenoxy) is 1. The van der Waals surface area contributed by atoms with Crippen molar-refractivity contribution in [2.24, 2.45) is 0 Å². The lowest BCUT2D eigenvalue weighted by Gasteiger charge is -2.31. The van der Waals surface area contributed by atoms with Gasteiger partial charge >= 0.3 is 0 Å². The summed E-state index contributed by atoms with van der Waals surface area (Å²) in [5.41, 5.74) is 1.76. The second-order valence-electron chi connectivity index (χ2n) is 6.89. The maximum absolute atomic E-state index is 13.2. The van der Waals surface area contributed by atoms with E-state index in [-0.39, 0.29) is 18.2 Å². The molecule has 156 valence electrons. The van der Waals surface area contributed by atoms with Gasteiger partial charge in [-0.15, -0.1) is 0 Å². The number of methoxy groups -OCH3 is 1. The number of hydrogen-bond donors (Lipinski definition) is 1. The summed E-state index contributed by atoms with van der Waals surface area (Å²) < 4.78 is 5.21. The maximum Gasteiger partial charge on any atom is 0.242 e. The molecule has 0 aliphatic carbocycles. The van der Waals surface area contributed by atoms with E-state index in [1.165, 1.54) is 0 Å². The van der Waals surface area contributed by atoms with Crippen molar-refractivity contribution in [1.82, 2.24) is 10.2 Å². The van der Waals surface area contributed by atoms with Crippen LogP contribution in [-0.2, 0) is 22.6 Å². The van der Waals surface area contributed by atoms with Gasteiger partial charge < -0.3 is 15.0 Å². The standard InChI is InChI=1S/C23H29ClN2O3/c1-4-13-25-23(28)21(5-2)26(16-17-9-11-20(29-3)12-10-17)22(27)15-18-7-6-8-19(24)14-18/h6-12,14,21H,4-5,13,15-16H2,1-3H3,(H,25,28)/t21-/m1/s1. The van der Waals surface area contributed by atoms with E-state index >= 15 is 0 Å². The minimum Gasteiger partial charge on any atom is -0.497 e. The number of rotatable bonds is 10. The molecule has 6 heteroatoms. The molecule has 0 bridgehead atoms. The van der Waals surface area contributed by atoms with Crippen LogP contribution in [0.1, 0.15) is 37.8 Å². The normalized spacial score (nSPS) is 11.6. The zero-order valence-corrected chi connectivity index (χ0v) is 18.0. The lowest BCUT2D eigenvalue weighted by Crippen LogP contribution is -2.49. The van der Waals surface area contributed by atoms with Crippen LogP contribution in [0.15, 0.2) is 48.5 Å². The van der Waals surface area contributed by atoms with Crippen LogP contribution in [0.4, 0.5) is 0 Å². The second kappa shape index (κ2) is 11.5. The van der Waals surface area contributed by atoms with E-state index in [0.29, 0.717) is 24.5 Å². The zero-order valence-electron chi connectivity index (χ0n) is 17.3. The Kier molecular flexibility index (Phi) is 9.00. The van der Waals surface area contributed by atoms with Crippen LogP contribution in [0.25, 0.3) is 0 Å². The smallest absolute Gasteiger partial charge is 0.242 e. The Morgan fingerprint density at radius 1 is 1.10 bits per heavy atom. The van der Waals surface area contributed by atoms with E-state index in [2.05, 4.69) is 5.32 Å². The number of nitrogens with zero attached hydrogens (tertiary/aromatic N) is 1. The fourth-order valence-electron chi connectivity index (χ4n) is 3.14. The highest BCUT2D eigenvalue weighted by Gasteiger charge is 2.28. The summed E-state index contributed by atoms with van der Waals surface area (Å²) in [7, 11) is 1.61. The first-order valence-electron chi connectivity index (χ1n) is 9.93. The van der Waals surface area contributed by atoms with E-state index in [4.69, 9.17) is 16.3 Å². The summed E-state index contributed by atoms with van der Waals surface area (Å²) >= 11 is 6.06. The van der Waals surface area contributed by atoms with Gasteiger partial charge in [-0.1, -0.05) is 49.7 Å². The molecule has 0 saturated heterocycles. The number of carbonyl (C=O) groups excluding carboxylic acids is 2. The number of halogens is 1. The van der Waals surface area contributed by atoms with E-state index < -0.39 is 6.04 Å². The van der Waals surface area contributed by atoms with Crippen LogP contribution in [0.2, 0.25) is 5.02 Å². The van der Waals surface area contributed by atoms with Crippen molar-refractivity contribution in [3.05, 3.63) is 64.7 Å². The van der Waals surface area contributed by atoms with Gasteiger partial charge in [-0.05, 0) is 48.2 Å². The highest BCUT2D eigenvalue weighted by molar-refractivity contribution is 6.30. The molecular formula is C23H29ClN2O3. The first-order chi connectivity index (χ1) is 14.0. The van der Waals surface area contributed by atoms with Crippen LogP contribution >= 0.6 is 11.6 Å². The number of amides is 2. The zero-order chi connectivity index (χ0) is 21.2. The first kappa shape index (κ1) is 22.8. The van der Waals surface area contributed by atoms with Crippen LogP contribution < -0.4 is 10.1 Å². The van der Waals surface area contributed by atoms with Crippen LogP contribution in [0.5, 0.6) is 5.75 Å². The lowest BCUT2D eigenvalue weighted by atomic mass is 10.1. The first-order valence-corrected chi connectivity index (χ1v) is 10.3. The van der Waals surface area contributed by atoms with Gasteiger partial charge in [0.1, 0.15) is 11.8 Å². The van der Waals surface area contributed by atoms with Crippen molar-refractivity contribution in [2.75, 3.05) is 13.7 Å². The van der Waals surface area contributed by atoms with Gasteiger partial charge in [0.2, 0.25) is 11.8 Å². The topological polar surface area (TPSA) is 58.6 Å². The van der Waals surface area contributed by atoms with Gasteiger partial charge in [0.15, 0.2) is 0 Å². The molecule has 1 N–H and O–H groups in total. The van der Waals surface area contributed by atoms with Crippen molar-refractivity contribution in [3.8, 4) is 5.75 Å². The molecule has 0 heterocycles. The summed E-state index contributed by atoms with van der Waals surface area (Å²) in [6.45, 7) is 4.86. The van der Waals surface area contributed by atoms with Gasteiger partial charge in [0, 0.05) is 18.1 Å². The molecule has 0 radical (unpaired) electrons. The Hall–Kier alpha value is -2.53. The fraction of sp³-hybridized carbons (Fsp3) is 0.391. The quantitative estimate of drug-likeness (QED) is 0.630. The van der Waals surface area contributed by atoms with Gasteiger partial charge in [-0.25, -0.2) is 0 Å². The van der Waals surface area contributed by atoms with Gasteiger partial charge in [0.25, 0.3) is 0 Å². The molecule has 0 aromatic heterocycles. The number of benzene rings is 2. The third-order valence-corrected chi connectivity index (χ3v) is 4.93. The lowest BCUT2D eigenvalue weighted by molar-refractivity contribution is -0.140. The largest absolute Gasteiger partial charge is 0.497 e. The Balaban J connectivity index is 2.26. The van der Waals surface area contributed by atoms with Crippen LogP contribution in [0, 0.1) is 0 Å². The molecule has 29 heavy (non-hydrogen) atoms. The van der Waals surface area contributed by atoms with Crippen LogP contribution in [0.3, 0.4) is 0 Å². The molecular weight excluding hydrogens is 388 g/mol. The summed E-state index contributed by atoms with van der Waals surface area (Å²) in [4.78, 5) is 27.6. The van der Waals surface area contributed by atoms with E-state index in [1.807, 2.05) is 50.2 Å². The molecule has 0 aliphatic heterocycles. The monoisotopic (exact) mass is 416 g/mol. The molecule has 5 nitrogen and oxygen atoms in total. The number of nitrogens with one attached hydrogen (secondary N) is 1. The molecule has 0 unspecified atom stereocenters. The Morgan fingerprint density at radius 2 is 1.83 bits per heavy atom. The molecule has 1 atom stereocenters. The van der Waals surface area contributed by atoms with Crippen molar-refractivity contribution in [2.45, 2.75) is 45.7 Å². The van der Waals surface area contributed by atoms with E-state index in [0.717, 1.165) is 23.3 Å². The molecule has 0 fully saturated rings. The summed E-state index contributed by atoms with van der Waals surface area (Å²) in [5, 5.41) is 3.51. The van der Waals surface area contributed by atoms with Gasteiger partial charge in [-0.2, -0.15) is 0 Å². The Bertz CT molecular complexity index is 808. The fourth-order valence-corrected chi connectivity index (χ4v) is 3.35. The Morgan fingerprint density at radius 3 is 2.41 bits per heavy atom. The highest BCUT2D eigenvalue weighted by atomic mass is 35.5. The molecule has 0 spiro atoms. The van der Waals surface area contributed by atoms with Crippen LogP contribution in [-0.4, -0.2) is 36.4 Å². The van der Waals surface area contributed by atoms with E-state index in [9.17, 15) is 9.59 Å². The van der Waals surface area contributed by atoms with Crippen molar-refractivity contribution in [3.63, 3.8) is 0 Å². The summed E-state index contributed by atoms with van der Waals surface area (Å²) in [6, 6.07) is 14.2. The summed E-state index contributed by atoms with van der Waals surface area (Å²) in [5.74, 6) is 0.516. The minimum atomic E-state index is -0.532. The highest BCUT2D eigenvalue weighted by Crippen LogP contribution is 2.18. The van der Waals surface area contributed by atoms with Crippen molar-refractivity contribution >= 4 is 23.4 Å². The van der Waals surface area contributed by atoms with Crippen molar-refractivity contribution in [1.29, 1.82) is 0 Å². The Labute approximate surface area is 178 Å². The second-order valence-corrected chi connectivity index (χ2v) is 7.33. The van der Waals surface area contributed by atoms with Crippen molar-refractivity contribution < 1.29 is 14.3 Å². The average molecular weight is 417 g/mol. The molecule has 2 aromatic rings. The maximum atomic E-state index is 13.2. The number of carbonyl (C=O) groups is 2. The van der Waals surface area contributed by atoms with Gasteiger partial charge in [0.05, 0.1) is 13.5 Å². The third-order valence-electron chi connectivity index (χ3n) is 4.69. The minimum absolute atomic E-state index is 0.110. The molecule has 2 amide bonds.